The molecule has 1 aromatic heterocycles. The minimum absolute atomic E-state index is 0.152. The molecule has 0 aliphatic rings. The van der Waals surface area contributed by atoms with E-state index in [-0.39, 0.29) is 21.6 Å². The van der Waals surface area contributed by atoms with Crippen LogP contribution in [-0.2, 0) is 9.84 Å². The van der Waals surface area contributed by atoms with Crippen molar-refractivity contribution in [3.63, 3.8) is 0 Å². The molecule has 0 saturated carbocycles. The van der Waals surface area contributed by atoms with Gasteiger partial charge in [0, 0.05) is 16.8 Å². The largest absolute Gasteiger partial charge is 0.455 e. The standard InChI is InChI=1S/C22H14ClFO4S/c1-29(26,27)17-9-4-14(5-10-17)22-20(13-2-7-16(24)8-3-13)21(25)18-12-15(23)6-11-19(18)28-22/h2-12H,1H3. The van der Waals surface area contributed by atoms with Crippen LogP contribution in [0.4, 0.5) is 4.39 Å². The number of fused-ring (bicyclic) bond motifs is 1. The fourth-order valence-corrected chi connectivity index (χ4v) is 3.91. The van der Waals surface area contributed by atoms with Crippen molar-refractivity contribution in [2.45, 2.75) is 4.90 Å². The normalized spacial score (nSPS) is 11.7. The molecule has 146 valence electrons. The van der Waals surface area contributed by atoms with E-state index in [0.717, 1.165) is 6.26 Å². The van der Waals surface area contributed by atoms with Crippen molar-refractivity contribution in [3.05, 3.63) is 87.8 Å². The molecule has 0 amide bonds. The third-order valence-corrected chi connectivity index (χ3v) is 5.89. The van der Waals surface area contributed by atoms with Crippen LogP contribution in [0, 0.1) is 5.82 Å². The molecule has 0 unspecified atom stereocenters. The zero-order valence-electron chi connectivity index (χ0n) is 15.1. The number of halogens is 2. The average molecular weight is 429 g/mol. The molecule has 0 N–H and O–H groups in total. The molecule has 1 heterocycles. The van der Waals surface area contributed by atoms with Gasteiger partial charge in [0.1, 0.15) is 17.2 Å². The fraction of sp³-hybridized carbons (Fsp3) is 0.0455. The Bertz CT molecular complexity index is 1390. The van der Waals surface area contributed by atoms with E-state index in [0.29, 0.717) is 27.1 Å². The summed E-state index contributed by atoms with van der Waals surface area (Å²) in [4.78, 5) is 13.4. The van der Waals surface area contributed by atoms with Gasteiger partial charge in [0.2, 0.25) is 5.43 Å². The predicted octanol–water partition coefficient (Wildman–Crippen LogP) is 5.32. The van der Waals surface area contributed by atoms with Crippen molar-refractivity contribution >= 4 is 32.4 Å². The minimum Gasteiger partial charge on any atom is -0.455 e. The van der Waals surface area contributed by atoms with Crippen LogP contribution in [0.5, 0.6) is 0 Å². The Labute approximate surface area is 171 Å². The van der Waals surface area contributed by atoms with Crippen LogP contribution in [0.15, 0.2) is 80.8 Å². The first-order valence-corrected chi connectivity index (χ1v) is 10.8. The van der Waals surface area contributed by atoms with Gasteiger partial charge in [0.15, 0.2) is 9.84 Å². The summed E-state index contributed by atoms with van der Waals surface area (Å²) < 4.78 is 42.9. The van der Waals surface area contributed by atoms with E-state index in [2.05, 4.69) is 0 Å². The van der Waals surface area contributed by atoms with Crippen molar-refractivity contribution in [1.29, 1.82) is 0 Å². The van der Waals surface area contributed by atoms with Crippen LogP contribution in [-0.4, -0.2) is 14.7 Å². The highest BCUT2D eigenvalue weighted by Crippen LogP contribution is 2.33. The van der Waals surface area contributed by atoms with Gasteiger partial charge in [-0.05, 0) is 60.2 Å². The van der Waals surface area contributed by atoms with E-state index in [4.69, 9.17) is 16.0 Å². The summed E-state index contributed by atoms with van der Waals surface area (Å²) in [6.45, 7) is 0. The predicted molar refractivity (Wildman–Crippen MR) is 111 cm³/mol. The summed E-state index contributed by atoms with van der Waals surface area (Å²) in [6.07, 6.45) is 1.12. The lowest BCUT2D eigenvalue weighted by Crippen LogP contribution is -2.07. The van der Waals surface area contributed by atoms with E-state index in [1.54, 1.807) is 24.3 Å². The Balaban J connectivity index is 2.04. The molecule has 0 aliphatic heterocycles. The SMILES string of the molecule is CS(=O)(=O)c1ccc(-c2oc3ccc(Cl)cc3c(=O)c2-c2ccc(F)cc2)cc1. The van der Waals surface area contributed by atoms with Crippen LogP contribution >= 0.6 is 11.6 Å². The van der Waals surface area contributed by atoms with Crippen LogP contribution in [0.2, 0.25) is 5.02 Å². The highest BCUT2D eigenvalue weighted by Gasteiger charge is 2.19. The van der Waals surface area contributed by atoms with Crippen molar-refractivity contribution in [2.75, 3.05) is 6.26 Å². The summed E-state index contributed by atoms with van der Waals surface area (Å²) in [6, 6.07) is 16.3. The summed E-state index contributed by atoms with van der Waals surface area (Å²) in [5.74, 6) is -0.169. The van der Waals surface area contributed by atoms with E-state index in [1.165, 1.54) is 42.5 Å². The van der Waals surface area contributed by atoms with Gasteiger partial charge in [-0.3, -0.25) is 4.79 Å². The number of rotatable bonds is 3. The number of sulfone groups is 1. The molecule has 0 spiro atoms. The molecule has 0 fully saturated rings. The van der Waals surface area contributed by atoms with Crippen LogP contribution in [0.1, 0.15) is 0 Å². The van der Waals surface area contributed by atoms with Gasteiger partial charge in [-0.2, -0.15) is 0 Å². The third kappa shape index (κ3) is 3.69. The summed E-state index contributed by atoms with van der Waals surface area (Å²) in [5.41, 5.74) is 1.26. The number of hydrogen-bond acceptors (Lipinski definition) is 4. The Hall–Kier alpha value is -2.96. The zero-order valence-corrected chi connectivity index (χ0v) is 16.7. The maximum absolute atomic E-state index is 13.4. The van der Waals surface area contributed by atoms with Crippen LogP contribution in [0.25, 0.3) is 33.4 Å². The summed E-state index contributed by atoms with van der Waals surface area (Å²) in [7, 11) is -3.37. The molecule has 29 heavy (non-hydrogen) atoms. The first kappa shape index (κ1) is 19.4. The number of hydrogen-bond donors (Lipinski definition) is 0. The molecule has 0 atom stereocenters. The smallest absolute Gasteiger partial charge is 0.201 e. The molecule has 0 aliphatic carbocycles. The topological polar surface area (TPSA) is 64.3 Å². The molecule has 7 heteroatoms. The molecular weight excluding hydrogens is 415 g/mol. The molecule has 4 aromatic rings. The number of benzene rings is 3. The molecule has 0 radical (unpaired) electrons. The van der Waals surface area contributed by atoms with Crippen molar-refractivity contribution in [1.82, 2.24) is 0 Å². The second-order valence-electron chi connectivity index (χ2n) is 6.58. The third-order valence-electron chi connectivity index (χ3n) is 4.53. The van der Waals surface area contributed by atoms with Crippen LogP contribution in [0.3, 0.4) is 0 Å². The van der Waals surface area contributed by atoms with Gasteiger partial charge in [0.05, 0.1) is 15.8 Å². The minimum atomic E-state index is -3.37. The van der Waals surface area contributed by atoms with Crippen LogP contribution < -0.4 is 5.43 Å². The quantitative estimate of drug-likeness (QED) is 0.443. The Morgan fingerprint density at radius 1 is 0.897 bits per heavy atom. The summed E-state index contributed by atoms with van der Waals surface area (Å²) in [5, 5.41) is 0.688. The lowest BCUT2D eigenvalue weighted by Gasteiger charge is -2.11. The first-order valence-electron chi connectivity index (χ1n) is 8.57. The summed E-state index contributed by atoms with van der Waals surface area (Å²) >= 11 is 6.04. The Morgan fingerprint density at radius 3 is 2.14 bits per heavy atom. The lowest BCUT2D eigenvalue weighted by atomic mass is 9.98. The van der Waals surface area contributed by atoms with Crippen molar-refractivity contribution in [3.8, 4) is 22.5 Å². The molecule has 3 aromatic carbocycles. The highest BCUT2D eigenvalue weighted by atomic mass is 35.5. The maximum Gasteiger partial charge on any atom is 0.201 e. The molecule has 0 bridgehead atoms. The van der Waals surface area contributed by atoms with Gasteiger partial charge in [-0.1, -0.05) is 23.7 Å². The molecule has 0 saturated heterocycles. The van der Waals surface area contributed by atoms with E-state index in [1.807, 2.05) is 0 Å². The van der Waals surface area contributed by atoms with Crippen molar-refractivity contribution in [2.24, 2.45) is 0 Å². The van der Waals surface area contributed by atoms with E-state index >= 15 is 0 Å². The van der Waals surface area contributed by atoms with E-state index < -0.39 is 15.7 Å². The molecule has 4 nitrogen and oxygen atoms in total. The average Bonchev–Trinajstić information content (AvgIpc) is 2.69. The molecular formula is C22H14ClFO4S. The van der Waals surface area contributed by atoms with Gasteiger partial charge < -0.3 is 4.42 Å². The Morgan fingerprint density at radius 2 is 1.52 bits per heavy atom. The van der Waals surface area contributed by atoms with Gasteiger partial charge in [-0.25, -0.2) is 12.8 Å². The van der Waals surface area contributed by atoms with Gasteiger partial charge in [-0.15, -0.1) is 0 Å². The maximum atomic E-state index is 13.4. The van der Waals surface area contributed by atoms with Gasteiger partial charge >= 0.3 is 0 Å². The van der Waals surface area contributed by atoms with Gasteiger partial charge in [0.25, 0.3) is 0 Å². The lowest BCUT2D eigenvalue weighted by molar-refractivity contribution is 0.601. The monoisotopic (exact) mass is 428 g/mol. The van der Waals surface area contributed by atoms with E-state index in [9.17, 15) is 17.6 Å². The fourth-order valence-electron chi connectivity index (χ4n) is 3.10. The highest BCUT2D eigenvalue weighted by molar-refractivity contribution is 7.90. The Kier molecular flexibility index (Phi) is 4.76. The zero-order chi connectivity index (χ0) is 20.8. The first-order chi connectivity index (χ1) is 13.7. The second-order valence-corrected chi connectivity index (χ2v) is 9.03. The second kappa shape index (κ2) is 7.13. The van der Waals surface area contributed by atoms with Crippen molar-refractivity contribution < 1.29 is 17.2 Å². The molecule has 4 rings (SSSR count).